The molecule has 0 aliphatic rings. The van der Waals surface area contributed by atoms with Gasteiger partial charge in [0.05, 0.1) is 5.25 Å². The molecule has 0 bridgehead atoms. The molecule has 3 heteroatoms. The fourth-order valence-electron chi connectivity index (χ4n) is 1.09. The van der Waals surface area contributed by atoms with Gasteiger partial charge in [0.1, 0.15) is 0 Å². The van der Waals surface area contributed by atoms with Gasteiger partial charge in [0, 0.05) is 0 Å². The molecule has 0 saturated carbocycles. The molecule has 66 valence electrons. The van der Waals surface area contributed by atoms with Gasteiger partial charge in [-0.15, -0.1) is 0 Å². The smallest absolute Gasteiger partial charge is 0.316 e. The van der Waals surface area contributed by atoms with Gasteiger partial charge in [-0.25, -0.2) is 0 Å². The summed E-state index contributed by atoms with van der Waals surface area (Å²) < 4.78 is 0. The van der Waals surface area contributed by atoms with Crippen molar-refractivity contribution in [3.63, 3.8) is 0 Å². The van der Waals surface area contributed by atoms with Crippen LogP contribution in [-0.4, -0.2) is 16.3 Å². The Morgan fingerprint density at radius 3 is 2.55 bits per heavy atom. The standard InChI is InChI=1S/C8H16O2S/c1-3-4-6(2)5-7(11)8(9)10/h6-7,11H,3-5H2,1-2H3,(H,9,10). The molecular weight excluding hydrogens is 160 g/mol. The highest BCUT2D eigenvalue weighted by Gasteiger charge is 2.14. The summed E-state index contributed by atoms with van der Waals surface area (Å²) in [4.78, 5) is 10.4. The summed E-state index contributed by atoms with van der Waals surface area (Å²) in [5.41, 5.74) is 0. The molecule has 11 heavy (non-hydrogen) atoms. The SMILES string of the molecule is CCCC(C)CC(S)C(=O)O. The molecule has 0 aromatic rings. The topological polar surface area (TPSA) is 37.3 Å². The lowest BCUT2D eigenvalue weighted by molar-refractivity contribution is -0.136. The van der Waals surface area contributed by atoms with Gasteiger partial charge in [-0.2, -0.15) is 12.6 Å². The first-order valence-electron chi connectivity index (χ1n) is 3.98. The van der Waals surface area contributed by atoms with Crippen LogP contribution in [0.5, 0.6) is 0 Å². The molecule has 0 aliphatic carbocycles. The number of hydrogen-bond acceptors (Lipinski definition) is 2. The van der Waals surface area contributed by atoms with Crippen molar-refractivity contribution in [1.29, 1.82) is 0 Å². The van der Waals surface area contributed by atoms with Gasteiger partial charge in [0.2, 0.25) is 0 Å². The van der Waals surface area contributed by atoms with Gasteiger partial charge < -0.3 is 5.11 Å². The Morgan fingerprint density at radius 1 is 1.64 bits per heavy atom. The second kappa shape index (κ2) is 5.47. The molecule has 0 aromatic carbocycles. The lowest BCUT2D eigenvalue weighted by Crippen LogP contribution is -2.16. The fraction of sp³-hybridized carbons (Fsp3) is 0.875. The van der Waals surface area contributed by atoms with Crippen LogP contribution in [-0.2, 0) is 4.79 Å². The van der Waals surface area contributed by atoms with E-state index in [0.29, 0.717) is 12.3 Å². The first-order chi connectivity index (χ1) is 5.07. The van der Waals surface area contributed by atoms with E-state index in [4.69, 9.17) is 5.11 Å². The van der Waals surface area contributed by atoms with Crippen LogP contribution in [0.4, 0.5) is 0 Å². The number of carbonyl (C=O) groups is 1. The number of carboxylic acid groups (broad SMARTS) is 1. The highest BCUT2D eigenvalue weighted by atomic mass is 32.1. The Bertz CT molecular complexity index is 125. The highest BCUT2D eigenvalue weighted by Crippen LogP contribution is 2.15. The van der Waals surface area contributed by atoms with Crippen LogP contribution in [0.2, 0.25) is 0 Å². The second-order valence-corrected chi connectivity index (χ2v) is 3.61. The largest absolute Gasteiger partial charge is 0.480 e. The van der Waals surface area contributed by atoms with Gasteiger partial charge in [-0.1, -0.05) is 26.7 Å². The van der Waals surface area contributed by atoms with Crippen LogP contribution in [0, 0.1) is 5.92 Å². The van der Waals surface area contributed by atoms with E-state index >= 15 is 0 Å². The van der Waals surface area contributed by atoms with Gasteiger partial charge in [0.15, 0.2) is 0 Å². The van der Waals surface area contributed by atoms with Gasteiger partial charge >= 0.3 is 5.97 Å². The third kappa shape index (κ3) is 5.13. The van der Waals surface area contributed by atoms with Gasteiger partial charge in [0.25, 0.3) is 0 Å². The predicted octanol–water partition coefficient (Wildman–Crippen LogP) is 2.20. The predicted molar refractivity (Wildman–Crippen MR) is 49.1 cm³/mol. The van der Waals surface area contributed by atoms with Crippen LogP contribution >= 0.6 is 12.6 Å². The molecule has 0 amide bonds. The molecule has 0 rings (SSSR count). The Kier molecular flexibility index (Phi) is 5.38. The average Bonchev–Trinajstić information content (AvgIpc) is 1.87. The van der Waals surface area contributed by atoms with E-state index in [1.54, 1.807) is 0 Å². The van der Waals surface area contributed by atoms with Crippen molar-refractivity contribution >= 4 is 18.6 Å². The minimum absolute atomic E-state index is 0.471. The normalized spacial score (nSPS) is 15.9. The number of hydrogen-bond donors (Lipinski definition) is 2. The Labute approximate surface area is 73.4 Å². The van der Waals surface area contributed by atoms with E-state index < -0.39 is 11.2 Å². The molecule has 2 atom stereocenters. The molecule has 2 unspecified atom stereocenters. The summed E-state index contributed by atoms with van der Waals surface area (Å²) in [7, 11) is 0. The summed E-state index contributed by atoms with van der Waals surface area (Å²) in [6.45, 7) is 4.17. The third-order valence-corrected chi connectivity index (χ3v) is 2.12. The highest BCUT2D eigenvalue weighted by molar-refractivity contribution is 7.81. The number of thiol groups is 1. The first-order valence-corrected chi connectivity index (χ1v) is 4.50. The van der Waals surface area contributed by atoms with Crippen LogP contribution in [0.25, 0.3) is 0 Å². The lowest BCUT2D eigenvalue weighted by Gasteiger charge is -2.11. The van der Waals surface area contributed by atoms with E-state index in [2.05, 4.69) is 26.5 Å². The molecule has 0 heterocycles. The summed E-state index contributed by atoms with van der Waals surface area (Å²) in [6.07, 6.45) is 2.87. The molecule has 0 aromatic heterocycles. The van der Waals surface area contributed by atoms with Crippen LogP contribution in [0.3, 0.4) is 0 Å². The minimum Gasteiger partial charge on any atom is -0.480 e. The zero-order valence-corrected chi connectivity index (χ0v) is 7.97. The van der Waals surface area contributed by atoms with E-state index in [1.807, 2.05) is 0 Å². The average molecular weight is 176 g/mol. The maximum absolute atomic E-state index is 10.4. The number of rotatable bonds is 5. The van der Waals surface area contributed by atoms with E-state index in [1.165, 1.54) is 0 Å². The molecule has 0 aliphatic heterocycles. The van der Waals surface area contributed by atoms with E-state index in [-0.39, 0.29) is 0 Å². The van der Waals surface area contributed by atoms with Crippen LogP contribution in [0.15, 0.2) is 0 Å². The second-order valence-electron chi connectivity index (χ2n) is 2.98. The Balaban J connectivity index is 3.56. The van der Waals surface area contributed by atoms with Gasteiger partial charge in [-0.3, -0.25) is 4.79 Å². The Hall–Kier alpha value is -0.180. The molecule has 0 saturated heterocycles. The third-order valence-electron chi connectivity index (χ3n) is 1.69. The zero-order chi connectivity index (χ0) is 8.85. The molecule has 0 radical (unpaired) electrons. The van der Waals surface area contributed by atoms with Gasteiger partial charge in [-0.05, 0) is 12.3 Å². The summed E-state index contributed by atoms with van der Waals surface area (Å²) in [5.74, 6) is -0.338. The molecule has 0 fully saturated rings. The van der Waals surface area contributed by atoms with Crippen LogP contribution in [0.1, 0.15) is 33.1 Å². The Morgan fingerprint density at radius 2 is 2.18 bits per heavy atom. The van der Waals surface area contributed by atoms with Crippen molar-refractivity contribution in [2.24, 2.45) is 5.92 Å². The minimum atomic E-state index is -0.809. The molecule has 2 nitrogen and oxygen atoms in total. The number of carboxylic acids is 1. The van der Waals surface area contributed by atoms with Crippen molar-refractivity contribution in [1.82, 2.24) is 0 Å². The van der Waals surface area contributed by atoms with E-state index in [0.717, 1.165) is 12.8 Å². The molecular formula is C8H16O2S. The maximum Gasteiger partial charge on any atom is 0.316 e. The summed E-state index contributed by atoms with van der Waals surface area (Å²) >= 11 is 3.96. The van der Waals surface area contributed by atoms with Crippen molar-refractivity contribution in [3.8, 4) is 0 Å². The summed E-state index contributed by atoms with van der Waals surface area (Å²) in [5, 5.41) is 8.03. The monoisotopic (exact) mass is 176 g/mol. The molecule has 0 spiro atoms. The van der Waals surface area contributed by atoms with Crippen molar-refractivity contribution in [2.75, 3.05) is 0 Å². The summed E-state index contributed by atoms with van der Waals surface area (Å²) in [6, 6.07) is 0. The number of aliphatic carboxylic acids is 1. The first kappa shape index (κ1) is 10.8. The van der Waals surface area contributed by atoms with Crippen molar-refractivity contribution < 1.29 is 9.90 Å². The lowest BCUT2D eigenvalue weighted by atomic mass is 10.0. The zero-order valence-electron chi connectivity index (χ0n) is 7.08. The quantitative estimate of drug-likeness (QED) is 0.630. The van der Waals surface area contributed by atoms with Crippen molar-refractivity contribution in [3.05, 3.63) is 0 Å². The maximum atomic E-state index is 10.4. The fourth-order valence-corrected chi connectivity index (χ4v) is 1.45. The van der Waals surface area contributed by atoms with E-state index in [9.17, 15) is 4.79 Å². The molecule has 1 N–H and O–H groups in total. The van der Waals surface area contributed by atoms with Crippen LogP contribution < -0.4 is 0 Å². The van der Waals surface area contributed by atoms with Crippen molar-refractivity contribution in [2.45, 2.75) is 38.4 Å².